The average molecular weight is 368 g/mol. The summed E-state index contributed by atoms with van der Waals surface area (Å²) in [4.78, 5) is 14.7. The van der Waals surface area contributed by atoms with Gasteiger partial charge < -0.3 is 19.7 Å². The predicted octanol–water partition coefficient (Wildman–Crippen LogP) is 3.42. The van der Waals surface area contributed by atoms with Gasteiger partial charge in [0.1, 0.15) is 0 Å². The SMILES string of the molecule is COc1ccccc1OC(C)C(=O)NCCCN1CCCc2ccccc21. The highest BCUT2D eigenvalue weighted by Gasteiger charge is 2.18. The lowest BCUT2D eigenvalue weighted by Crippen LogP contribution is -2.38. The van der Waals surface area contributed by atoms with Crippen molar-refractivity contribution in [3.05, 3.63) is 54.1 Å². The van der Waals surface area contributed by atoms with Crippen molar-refractivity contribution in [3.63, 3.8) is 0 Å². The summed E-state index contributed by atoms with van der Waals surface area (Å²) in [5, 5.41) is 2.97. The lowest BCUT2D eigenvalue weighted by atomic mass is 10.0. The Hall–Kier alpha value is -2.69. The van der Waals surface area contributed by atoms with Crippen LogP contribution in [0, 0.1) is 0 Å². The number of para-hydroxylation sites is 3. The van der Waals surface area contributed by atoms with Gasteiger partial charge in [0, 0.05) is 25.3 Å². The number of carbonyl (C=O) groups excluding carboxylic acids is 1. The maximum atomic E-state index is 12.3. The number of nitrogens with zero attached hydrogens (tertiary/aromatic N) is 1. The van der Waals surface area contributed by atoms with Gasteiger partial charge in [-0.05, 0) is 49.9 Å². The number of anilines is 1. The topological polar surface area (TPSA) is 50.8 Å². The molecule has 144 valence electrons. The van der Waals surface area contributed by atoms with Crippen molar-refractivity contribution in [1.82, 2.24) is 5.32 Å². The van der Waals surface area contributed by atoms with Crippen molar-refractivity contribution >= 4 is 11.6 Å². The number of methoxy groups -OCH3 is 1. The highest BCUT2D eigenvalue weighted by atomic mass is 16.5. The van der Waals surface area contributed by atoms with Crippen molar-refractivity contribution in [2.45, 2.75) is 32.3 Å². The van der Waals surface area contributed by atoms with E-state index in [1.807, 2.05) is 18.2 Å². The summed E-state index contributed by atoms with van der Waals surface area (Å²) in [7, 11) is 1.59. The Kier molecular flexibility index (Phi) is 6.58. The van der Waals surface area contributed by atoms with Crippen LogP contribution in [0.4, 0.5) is 5.69 Å². The molecule has 0 aliphatic carbocycles. The molecule has 0 saturated heterocycles. The molecule has 5 heteroatoms. The molecule has 0 aromatic heterocycles. The van der Waals surface area contributed by atoms with Crippen LogP contribution in [0.2, 0.25) is 0 Å². The number of amides is 1. The maximum Gasteiger partial charge on any atom is 0.260 e. The third kappa shape index (κ3) is 4.94. The van der Waals surface area contributed by atoms with Gasteiger partial charge in [-0.2, -0.15) is 0 Å². The summed E-state index contributed by atoms with van der Waals surface area (Å²) in [6, 6.07) is 15.9. The molecule has 0 spiro atoms. The summed E-state index contributed by atoms with van der Waals surface area (Å²) in [5.41, 5.74) is 2.76. The van der Waals surface area contributed by atoms with E-state index in [-0.39, 0.29) is 5.91 Å². The van der Waals surface area contributed by atoms with Gasteiger partial charge in [0.15, 0.2) is 17.6 Å². The third-order valence-corrected chi connectivity index (χ3v) is 4.85. The molecule has 1 aliphatic heterocycles. The zero-order chi connectivity index (χ0) is 19.1. The Morgan fingerprint density at radius 3 is 2.70 bits per heavy atom. The van der Waals surface area contributed by atoms with Crippen LogP contribution in [0.15, 0.2) is 48.5 Å². The number of hydrogen-bond donors (Lipinski definition) is 1. The van der Waals surface area contributed by atoms with Gasteiger partial charge in [0.25, 0.3) is 5.91 Å². The number of fused-ring (bicyclic) bond motifs is 1. The van der Waals surface area contributed by atoms with Crippen LogP contribution in [0.1, 0.15) is 25.3 Å². The van der Waals surface area contributed by atoms with Crippen LogP contribution in [0.25, 0.3) is 0 Å². The van der Waals surface area contributed by atoms with Crippen molar-refractivity contribution in [2.24, 2.45) is 0 Å². The molecule has 1 amide bonds. The second-order valence-corrected chi connectivity index (χ2v) is 6.77. The number of rotatable bonds is 8. The van der Waals surface area contributed by atoms with E-state index >= 15 is 0 Å². The van der Waals surface area contributed by atoms with Gasteiger partial charge in [-0.25, -0.2) is 0 Å². The van der Waals surface area contributed by atoms with E-state index in [9.17, 15) is 4.79 Å². The molecule has 2 aromatic carbocycles. The summed E-state index contributed by atoms with van der Waals surface area (Å²) in [6.45, 7) is 4.41. The molecule has 1 heterocycles. The minimum atomic E-state index is -0.572. The molecule has 1 atom stereocenters. The van der Waals surface area contributed by atoms with Gasteiger partial charge in [-0.3, -0.25) is 4.79 Å². The second-order valence-electron chi connectivity index (χ2n) is 6.77. The molecule has 1 unspecified atom stereocenters. The second kappa shape index (κ2) is 9.31. The lowest BCUT2D eigenvalue weighted by Gasteiger charge is -2.31. The molecule has 0 saturated carbocycles. The largest absolute Gasteiger partial charge is 0.493 e. The van der Waals surface area contributed by atoms with Crippen LogP contribution >= 0.6 is 0 Å². The van der Waals surface area contributed by atoms with Gasteiger partial charge in [-0.1, -0.05) is 30.3 Å². The Balaban J connectivity index is 1.43. The van der Waals surface area contributed by atoms with Gasteiger partial charge in [0.05, 0.1) is 7.11 Å². The summed E-state index contributed by atoms with van der Waals surface area (Å²) in [5.74, 6) is 1.09. The smallest absolute Gasteiger partial charge is 0.260 e. The summed E-state index contributed by atoms with van der Waals surface area (Å²) in [6.07, 6.45) is 2.67. The number of benzene rings is 2. The number of ether oxygens (including phenoxy) is 2. The van der Waals surface area contributed by atoms with Crippen LogP contribution in [-0.2, 0) is 11.2 Å². The predicted molar refractivity (Wildman–Crippen MR) is 108 cm³/mol. The Labute approximate surface area is 161 Å². The van der Waals surface area contributed by atoms with E-state index < -0.39 is 6.10 Å². The van der Waals surface area contributed by atoms with Crippen molar-refractivity contribution < 1.29 is 14.3 Å². The third-order valence-electron chi connectivity index (χ3n) is 4.85. The molecule has 0 fully saturated rings. The molecule has 3 rings (SSSR count). The minimum absolute atomic E-state index is 0.111. The number of aryl methyl sites for hydroxylation is 1. The van der Waals surface area contributed by atoms with Crippen LogP contribution in [-0.4, -0.2) is 38.8 Å². The monoisotopic (exact) mass is 368 g/mol. The first kappa shape index (κ1) is 19.1. The number of nitrogens with one attached hydrogen (secondary N) is 1. The fourth-order valence-electron chi connectivity index (χ4n) is 3.43. The highest BCUT2D eigenvalue weighted by molar-refractivity contribution is 5.80. The van der Waals surface area contributed by atoms with E-state index in [0.29, 0.717) is 18.0 Å². The molecule has 0 radical (unpaired) electrons. The maximum absolute atomic E-state index is 12.3. The highest BCUT2D eigenvalue weighted by Crippen LogP contribution is 2.27. The van der Waals surface area contributed by atoms with E-state index in [1.54, 1.807) is 20.1 Å². The molecule has 0 bridgehead atoms. The van der Waals surface area contributed by atoms with Crippen molar-refractivity contribution in [1.29, 1.82) is 0 Å². The molecule has 2 aromatic rings. The first-order valence-corrected chi connectivity index (χ1v) is 9.59. The van der Waals surface area contributed by atoms with E-state index in [1.165, 1.54) is 17.7 Å². The minimum Gasteiger partial charge on any atom is -0.493 e. The first-order valence-electron chi connectivity index (χ1n) is 9.59. The molecule has 1 N–H and O–H groups in total. The van der Waals surface area contributed by atoms with Crippen molar-refractivity contribution in [2.75, 3.05) is 31.6 Å². The van der Waals surface area contributed by atoms with Crippen LogP contribution in [0.5, 0.6) is 11.5 Å². The molecular weight excluding hydrogens is 340 g/mol. The zero-order valence-corrected chi connectivity index (χ0v) is 16.1. The van der Waals surface area contributed by atoms with Gasteiger partial charge in [-0.15, -0.1) is 0 Å². The van der Waals surface area contributed by atoms with Gasteiger partial charge >= 0.3 is 0 Å². The molecular formula is C22H28N2O3. The van der Waals surface area contributed by atoms with E-state index in [2.05, 4.69) is 34.5 Å². The molecule has 27 heavy (non-hydrogen) atoms. The summed E-state index contributed by atoms with van der Waals surface area (Å²) < 4.78 is 11.0. The summed E-state index contributed by atoms with van der Waals surface area (Å²) >= 11 is 0. The Morgan fingerprint density at radius 2 is 1.89 bits per heavy atom. The molecule has 1 aliphatic rings. The van der Waals surface area contributed by atoms with Crippen molar-refractivity contribution in [3.8, 4) is 11.5 Å². The quantitative estimate of drug-likeness (QED) is 0.726. The molecule has 5 nitrogen and oxygen atoms in total. The lowest BCUT2D eigenvalue weighted by molar-refractivity contribution is -0.127. The van der Waals surface area contributed by atoms with E-state index in [0.717, 1.165) is 25.9 Å². The van der Waals surface area contributed by atoms with Crippen LogP contribution in [0.3, 0.4) is 0 Å². The first-order chi connectivity index (χ1) is 13.2. The fourth-order valence-corrected chi connectivity index (χ4v) is 3.43. The average Bonchev–Trinajstić information content (AvgIpc) is 2.71. The Morgan fingerprint density at radius 1 is 1.15 bits per heavy atom. The number of hydrogen-bond acceptors (Lipinski definition) is 4. The van der Waals surface area contributed by atoms with Gasteiger partial charge in [0.2, 0.25) is 0 Å². The fraction of sp³-hybridized carbons (Fsp3) is 0.409. The van der Waals surface area contributed by atoms with Crippen LogP contribution < -0.4 is 19.7 Å². The standard InChI is InChI=1S/C22H28N2O3/c1-17(27-21-13-6-5-12-20(21)26-2)22(25)23-14-8-16-24-15-7-10-18-9-3-4-11-19(18)24/h3-6,9,11-13,17H,7-8,10,14-16H2,1-2H3,(H,23,25). The number of carbonyl (C=O) groups is 1. The van der Waals surface area contributed by atoms with E-state index in [4.69, 9.17) is 9.47 Å². The normalized spacial score (nSPS) is 14.2. The Bertz CT molecular complexity index is 763. The zero-order valence-electron chi connectivity index (χ0n) is 16.1.